The minimum atomic E-state index is 0.388. The van der Waals surface area contributed by atoms with Crippen molar-refractivity contribution in [3.63, 3.8) is 0 Å². The maximum Gasteiger partial charge on any atom is 0.226 e. The summed E-state index contributed by atoms with van der Waals surface area (Å²) in [7, 11) is 1.94. The van der Waals surface area contributed by atoms with Crippen LogP contribution in [0, 0.1) is 5.92 Å². The highest BCUT2D eigenvalue weighted by atomic mass is 16.5. The molecule has 90 valence electrons. The van der Waals surface area contributed by atoms with E-state index in [4.69, 9.17) is 4.52 Å². The quantitative estimate of drug-likeness (QED) is 0.756. The van der Waals surface area contributed by atoms with Crippen molar-refractivity contribution in [1.29, 1.82) is 0 Å². The maximum atomic E-state index is 5.26. The number of rotatable bonds is 5. The van der Waals surface area contributed by atoms with Crippen LogP contribution in [0.15, 0.2) is 4.52 Å². The number of aromatic nitrogens is 2. The third kappa shape index (κ3) is 3.02. The van der Waals surface area contributed by atoms with Gasteiger partial charge in [-0.2, -0.15) is 4.98 Å². The molecule has 0 radical (unpaired) electrons. The van der Waals surface area contributed by atoms with Crippen molar-refractivity contribution in [3.05, 3.63) is 11.7 Å². The van der Waals surface area contributed by atoms with Crippen LogP contribution in [0.4, 0.5) is 0 Å². The van der Waals surface area contributed by atoms with Crippen LogP contribution < -0.4 is 10.6 Å². The number of likely N-dealkylation sites (N-methyl/N-ethyl adjacent to an activating group) is 1. The summed E-state index contributed by atoms with van der Waals surface area (Å²) in [5.41, 5.74) is 0. The highest BCUT2D eigenvalue weighted by Crippen LogP contribution is 2.14. The van der Waals surface area contributed by atoms with Gasteiger partial charge >= 0.3 is 0 Å². The van der Waals surface area contributed by atoms with Crippen LogP contribution in [0.25, 0.3) is 0 Å². The summed E-state index contributed by atoms with van der Waals surface area (Å²) in [4.78, 5) is 4.42. The zero-order chi connectivity index (χ0) is 11.4. The van der Waals surface area contributed by atoms with E-state index < -0.39 is 0 Å². The van der Waals surface area contributed by atoms with Gasteiger partial charge in [0.15, 0.2) is 5.82 Å². The minimum Gasteiger partial charge on any atom is -0.339 e. The molecule has 1 aromatic heterocycles. The van der Waals surface area contributed by atoms with Crippen LogP contribution in [0.5, 0.6) is 0 Å². The molecule has 0 saturated carbocycles. The molecule has 1 aliphatic heterocycles. The summed E-state index contributed by atoms with van der Waals surface area (Å²) in [5, 5.41) is 10.5. The molecule has 5 heteroatoms. The summed E-state index contributed by atoms with van der Waals surface area (Å²) in [6.07, 6.45) is 2.95. The maximum absolute atomic E-state index is 5.26. The molecular formula is C11H20N4O. The third-order valence-electron chi connectivity index (χ3n) is 3.12. The summed E-state index contributed by atoms with van der Waals surface area (Å²) in [6.45, 7) is 4.30. The molecule has 16 heavy (non-hydrogen) atoms. The molecule has 2 heterocycles. The van der Waals surface area contributed by atoms with E-state index in [1.165, 1.54) is 6.42 Å². The van der Waals surface area contributed by atoms with Gasteiger partial charge in [-0.15, -0.1) is 0 Å². The van der Waals surface area contributed by atoms with Crippen LogP contribution in [-0.2, 0) is 12.8 Å². The van der Waals surface area contributed by atoms with Crippen LogP contribution in [-0.4, -0.2) is 36.3 Å². The Morgan fingerprint density at radius 3 is 3.19 bits per heavy atom. The Labute approximate surface area is 96.0 Å². The summed E-state index contributed by atoms with van der Waals surface area (Å²) in [5.74, 6) is 2.25. The predicted molar refractivity (Wildman–Crippen MR) is 61.2 cm³/mol. The average molecular weight is 224 g/mol. The van der Waals surface area contributed by atoms with Gasteiger partial charge in [0.1, 0.15) is 0 Å². The molecule has 0 aliphatic carbocycles. The van der Waals surface area contributed by atoms with E-state index >= 15 is 0 Å². The van der Waals surface area contributed by atoms with Crippen molar-refractivity contribution in [1.82, 2.24) is 20.8 Å². The molecule has 0 bridgehead atoms. The molecular weight excluding hydrogens is 204 g/mol. The largest absolute Gasteiger partial charge is 0.339 e. The molecule has 1 fully saturated rings. The van der Waals surface area contributed by atoms with Gasteiger partial charge in [-0.25, -0.2) is 0 Å². The van der Waals surface area contributed by atoms with Gasteiger partial charge in [0.25, 0.3) is 0 Å². The fraction of sp³-hybridized carbons (Fsp3) is 0.818. The van der Waals surface area contributed by atoms with Crippen molar-refractivity contribution in [2.45, 2.75) is 32.2 Å². The summed E-state index contributed by atoms with van der Waals surface area (Å²) in [6, 6.07) is 0.388. The molecule has 2 N–H and O–H groups in total. The number of nitrogens with one attached hydrogen (secondary N) is 2. The van der Waals surface area contributed by atoms with Crippen LogP contribution in [0.3, 0.4) is 0 Å². The van der Waals surface area contributed by atoms with E-state index in [0.717, 1.165) is 37.6 Å². The zero-order valence-electron chi connectivity index (χ0n) is 9.99. The van der Waals surface area contributed by atoms with E-state index in [2.05, 4.69) is 27.7 Å². The Bertz CT molecular complexity index is 320. The fourth-order valence-corrected chi connectivity index (χ4v) is 1.97. The Kier molecular flexibility index (Phi) is 3.90. The first kappa shape index (κ1) is 11.5. The number of hydrogen-bond donors (Lipinski definition) is 2. The van der Waals surface area contributed by atoms with E-state index in [0.29, 0.717) is 12.0 Å². The van der Waals surface area contributed by atoms with Crippen molar-refractivity contribution in [2.24, 2.45) is 5.92 Å². The smallest absolute Gasteiger partial charge is 0.226 e. The Balaban J connectivity index is 1.86. The summed E-state index contributed by atoms with van der Waals surface area (Å²) < 4.78 is 5.26. The molecule has 0 amide bonds. The first-order valence-corrected chi connectivity index (χ1v) is 5.97. The molecule has 5 nitrogen and oxygen atoms in total. The van der Waals surface area contributed by atoms with Crippen LogP contribution in [0.1, 0.15) is 25.1 Å². The van der Waals surface area contributed by atoms with E-state index in [-0.39, 0.29) is 0 Å². The standard InChI is InChI=1S/C11H20N4O/c1-8(12-2)5-10-14-11(16-15-10)6-9-3-4-13-7-9/h8-9,12-13H,3-7H2,1-2H3. The second kappa shape index (κ2) is 5.41. The van der Waals surface area contributed by atoms with Gasteiger partial charge in [-0.3, -0.25) is 0 Å². The first-order chi connectivity index (χ1) is 7.78. The van der Waals surface area contributed by atoms with Gasteiger partial charge in [0.2, 0.25) is 5.89 Å². The molecule has 1 aliphatic rings. The highest BCUT2D eigenvalue weighted by molar-refractivity contribution is 4.91. The lowest BCUT2D eigenvalue weighted by Gasteiger charge is -2.05. The molecule has 1 aromatic rings. The van der Waals surface area contributed by atoms with E-state index in [1.54, 1.807) is 0 Å². The minimum absolute atomic E-state index is 0.388. The predicted octanol–water partition coefficient (Wildman–Crippen LogP) is 0.372. The Hall–Kier alpha value is -0.940. The van der Waals surface area contributed by atoms with Gasteiger partial charge in [-0.05, 0) is 39.4 Å². The molecule has 1 saturated heterocycles. The summed E-state index contributed by atoms with van der Waals surface area (Å²) >= 11 is 0. The number of nitrogens with zero attached hydrogens (tertiary/aromatic N) is 2. The van der Waals surface area contributed by atoms with Gasteiger partial charge < -0.3 is 15.2 Å². The zero-order valence-corrected chi connectivity index (χ0v) is 9.99. The van der Waals surface area contributed by atoms with E-state index in [9.17, 15) is 0 Å². The van der Waals surface area contributed by atoms with Crippen molar-refractivity contribution in [2.75, 3.05) is 20.1 Å². The van der Waals surface area contributed by atoms with Crippen LogP contribution >= 0.6 is 0 Å². The lowest BCUT2D eigenvalue weighted by Crippen LogP contribution is -2.24. The SMILES string of the molecule is CNC(C)Cc1noc(CC2CCNC2)n1. The van der Waals surface area contributed by atoms with Crippen molar-refractivity contribution < 1.29 is 4.52 Å². The van der Waals surface area contributed by atoms with Gasteiger partial charge in [0.05, 0.1) is 0 Å². The Morgan fingerprint density at radius 2 is 2.50 bits per heavy atom. The second-order valence-electron chi connectivity index (χ2n) is 4.56. The van der Waals surface area contributed by atoms with Gasteiger partial charge in [-0.1, -0.05) is 5.16 Å². The topological polar surface area (TPSA) is 63.0 Å². The fourth-order valence-electron chi connectivity index (χ4n) is 1.97. The first-order valence-electron chi connectivity index (χ1n) is 5.97. The highest BCUT2D eigenvalue weighted by Gasteiger charge is 2.18. The normalized spacial score (nSPS) is 22.5. The molecule has 0 aromatic carbocycles. The average Bonchev–Trinajstić information content (AvgIpc) is 2.91. The lowest BCUT2D eigenvalue weighted by atomic mass is 10.1. The monoisotopic (exact) mass is 224 g/mol. The van der Waals surface area contributed by atoms with Crippen molar-refractivity contribution >= 4 is 0 Å². The lowest BCUT2D eigenvalue weighted by molar-refractivity contribution is 0.352. The van der Waals surface area contributed by atoms with Crippen molar-refractivity contribution in [3.8, 4) is 0 Å². The Morgan fingerprint density at radius 1 is 1.62 bits per heavy atom. The van der Waals surface area contributed by atoms with Gasteiger partial charge in [0, 0.05) is 18.9 Å². The molecule has 0 spiro atoms. The molecule has 2 atom stereocenters. The van der Waals surface area contributed by atoms with E-state index in [1.807, 2.05) is 7.05 Å². The third-order valence-corrected chi connectivity index (χ3v) is 3.12. The number of hydrogen-bond acceptors (Lipinski definition) is 5. The molecule has 2 unspecified atom stereocenters. The van der Waals surface area contributed by atoms with Crippen LogP contribution in [0.2, 0.25) is 0 Å². The molecule has 2 rings (SSSR count). The second-order valence-corrected chi connectivity index (χ2v) is 4.56.